The molecule has 22 heavy (non-hydrogen) atoms. The summed E-state index contributed by atoms with van der Waals surface area (Å²) in [5.74, 6) is 1.34. The molecule has 2 N–H and O–H groups in total. The van der Waals surface area contributed by atoms with Crippen LogP contribution in [0.2, 0.25) is 0 Å². The van der Waals surface area contributed by atoms with Gasteiger partial charge in [-0.05, 0) is 36.5 Å². The lowest BCUT2D eigenvalue weighted by molar-refractivity contribution is 0.373. The van der Waals surface area contributed by atoms with Crippen molar-refractivity contribution in [3.63, 3.8) is 0 Å². The van der Waals surface area contributed by atoms with Gasteiger partial charge in [0.05, 0.1) is 19.6 Å². The lowest BCUT2D eigenvalue weighted by Gasteiger charge is -2.05. The molecule has 0 aliphatic carbocycles. The quantitative estimate of drug-likeness (QED) is 0.571. The third kappa shape index (κ3) is 2.51. The molecule has 0 fully saturated rings. The number of furan rings is 1. The highest BCUT2D eigenvalue weighted by molar-refractivity contribution is 7.71. The van der Waals surface area contributed by atoms with E-state index in [2.05, 4.69) is 15.3 Å². The number of para-hydroxylation sites is 1. The molecule has 2 heterocycles. The molecule has 2 aromatic heterocycles. The van der Waals surface area contributed by atoms with E-state index in [-0.39, 0.29) is 5.75 Å². The second-order valence-corrected chi connectivity index (χ2v) is 4.67. The predicted octanol–water partition coefficient (Wildman–Crippen LogP) is 2.80. The number of ether oxygens (including phenoxy) is 1. The summed E-state index contributed by atoms with van der Waals surface area (Å²) in [6, 6.07) is 8.61. The maximum atomic E-state index is 10.0. The molecule has 7 nitrogen and oxygen atoms in total. The first kappa shape index (κ1) is 14.1. The summed E-state index contributed by atoms with van der Waals surface area (Å²) in [5, 5.41) is 21.0. The third-order valence-electron chi connectivity index (χ3n) is 2.95. The number of hydrogen-bond acceptors (Lipinski definition) is 6. The summed E-state index contributed by atoms with van der Waals surface area (Å²) >= 11 is 5.15. The molecule has 1 aromatic carbocycles. The molecule has 3 aromatic rings. The Balaban J connectivity index is 2.01. The Hall–Kier alpha value is -2.87. The first-order chi connectivity index (χ1) is 10.7. The first-order valence-corrected chi connectivity index (χ1v) is 6.73. The van der Waals surface area contributed by atoms with Crippen molar-refractivity contribution in [3.05, 3.63) is 46.9 Å². The topological polar surface area (TPSA) is 88.6 Å². The smallest absolute Gasteiger partial charge is 0.219 e. The van der Waals surface area contributed by atoms with E-state index >= 15 is 0 Å². The van der Waals surface area contributed by atoms with Gasteiger partial charge in [0.15, 0.2) is 17.3 Å². The monoisotopic (exact) mass is 316 g/mol. The van der Waals surface area contributed by atoms with Crippen LogP contribution in [0.5, 0.6) is 11.5 Å². The molecule has 0 radical (unpaired) electrons. The number of phenolic OH excluding ortho intramolecular Hbond substituents is 1. The van der Waals surface area contributed by atoms with E-state index in [1.54, 1.807) is 30.3 Å². The number of aromatic amines is 1. The summed E-state index contributed by atoms with van der Waals surface area (Å²) in [4.78, 5) is 0. The molecule has 8 heteroatoms. The molecule has 0 amide bonds. The largest absolute Gasteiger partial charge is 0.504 e. The van der Waals surface area contributed by atoms with Gasteiger partial charge in [0, 0.05) is 5.56 Å². The second-order valence-electron chi connectivity index (χ2n) is 4.28. The minimum absolute atomic E-state index is 0.00307. The fourth-order valence-corrected chi connectivity index (χ4v) is 2.07. The lowest BCUT2D eigenvalue weighted by Crippen LogP contribution is -1.95. The number of H-pyrrole nitrogens is 1. The molecule has 112 valence electrons. The number of nitrogens with one attached hydrogen (secondary N) is 1. The molecule has 0 unspecified atom stereocenters. The summed E-state index contributed by atoms with van der Waals surface area (Å²) in [7, 11) is 1.48. The summed E-state index contributed by atoms with van der Waals surface area (Å²) in [6.07, 6.45) is 3.00. The van der Waals surface area contributed by atoms with Crippen LogP contribution in [-0.2, 0) is 0 Å². The van der Waals surface area contributed by atoms with E-state index in [0.29, 0.717) is 27.7 Å². The normalized spacial score (nSPS) is 11.1. The maximum absolute atomic E-state index is 10.0. The van der Waals surface area contributed by atoms with Crippen molar-refractivity contribution in [1.82, 2.24) is 14.9 Å². The van der Waals surface area contributed by atoms with Crippen molar-refractivity contribution in [1.29, 1.82) is 0 Å². The van der Waals surface area contributed by atoms with Crippen molar-refractivity contribution in [2.75, 3.05) is 7.11 Å². The SMILES string of the molecule is COc1cccc(C=Nn2c(-c3ccco3)n[nH]c2=S)c1O. The number of hydrogen-bond donors (Lipinski definition) is 2. The van der Waals surface area contributed by atoms with E-state index in [0.717, 1.165) is 0 Å². The van der Waals surface area contributed by atoms with Crippen LogP contribution >= 0.6 is 12.2 Å². The minimum Gasteiger partial charge on any atom is -0.504 e. The second kappa shape index (κ2) is 5.86. The van der Waals surface area contributed by atoms with E-state index in [4.69, 9.17) is 21.4 Å². The fourth-order valence-electron chi connectivity index (χ4n) is 1.89. The molecule has 0 spiro atoms. The highest BCUT2D eigenvalue weighted by Crippen LogP contribution is 2.28. The Morgan fingerprint density at radius 1 is 1.41 bits per heavy atom. The van der Waals surface area contributed by atoms with Gasteiger partial charge in [0.1, 0.15) is 0 Å². The zero-order valence-electron chi connectivity index (χ0n) is 11.6. The number of phenols is 1. The number of aromatic hydroxyl groups is 1. The van der Waals surface area contributed by atoms with Gasteiger partial charge in [-0.2, -0.15) is 9.78 Å². The molecule has 0 aliphatic rings. The lowest BCUT2D eigenvalue weighted by atomic mass is 10.2. The molecule has 0 bridgehead atoms. The predicted molar refractivity (Wildman–Crippen MR) is 82.8 cm³/mol. The highest BCUT2D eigenvalue weighted by Gasteiger charge is 2.11. The Morgan fingerprint density at radius 2 is 2.27 bits per heavy atom. The van der Waals surface area contributed by atoms with Gasteiger partial charge in [-0.15, -0.1) is 5.10 Å². The molecule has 0 atom stereocenters. The Kier molecular flexibility index (Phi) is 3.75. The van der Waals surface area contributed by atoms with Crippen LogP contribution < -0.4 is 4.74 Å². The van der Waals surface area contributed by atoms with Crippen LogP contribution in [0.3, 0.4) is 0 Å². The van der Waals surface area contributed by atoms with Crippen molar-refractivity contribution in [2.24, 2.45) is 5.10 Å². The number of benzene rings is 1. The van der Waals surface area contributed by atoms with E-state index < -0.39 is 0 Å². The summed E-state index contributed by atoms with van der Waals surface area (Å²) in [5.41, 5.74) is 0.493. The van der Waals surface area contributed by atoms with Crippen molar-refractivity contribution in [2.45, 2.75) is 0 Å². The number of nitrogens with zero attached hydrogens (tertiary/aromatic N) is 3. The van der Waals surface area contributed by atoms with Crippen LogP contribution in [0.1, 0.15) is 5.56 Å². The van der Waals surface area contributed by atoms with Gasteiger partial charge in [0.2, 0.25) is 10.6 Å². The number of aromatic nitrogens is 3. The van der Waals surface area contributed by atoms with Gasteiger partial charge in [-0.3, -0.25) is 0 Å². The van der Waals surface area contributed by atoms with Gasteiger partial charge in [-0.1, -0.05) is 6.07 Å². The van der Waals surface area contributed by atoms with Crippen LogP contribution in [-0.4, -0.2) is 33.3 Å². The first-order valence-electron chi connectivity index (χ1n) is 6.32. The minimum atomic E-state index is 0.00307. The van der Waals surface area contributed by atoms with E-state index in [1.807, 2.05) is 0 Å². The Labute approximate surface area is 130 Å². The average Bonchev–Trinajstić information content (AvgIpc) is 3.16. The molecular formula is C14H12N4O3S. The molecule has 0 saturated carbocycles. The van der Waals surface area contributed by atoms with Crippen LogP contribution in [0, 0.1) is 4.77 Å². The van der Waals surface area contributed by atoms with Crippen molar-refractivity contribution < 1.29 is 14.3 Å². The van der Waals surface area contributed by atoms with E-state index in [1.165, 1.54) is 24.3 Å². The van der Waals surface area contributed by atoms with Gasteiger partial charge < -0.3 is 14.3 Å². The maximum Gasteiger partial charge on any atom is 0.219 e. The van der Waals surface area contributed by atoms with Crippen molar-refractivity contribution >= 4 is 18.4 Å². The summed E-state index contributed by atoms with van der Waals surface area (Å²) in [6.45, 7) is 0. The fraction of sp³-hybridized carbons (Fsp3) is 0.0714. The van der Waals surface area contributed by atoms with Crippen molar-refractivity contribution in [3.8, 4) is 23.1 Å². The third-order valence-corrected chi connectivity index (χ3v) is 3.22. The van der Waals surface area contributed by atoms with Crippen LogP contribution in [0.4, 0.5) is 0 Å². The van der Waals surface area contributed by atoms with Crippen LogP contribution in [0.15, 0.2) is 46.1 Å². The zero-order valence-corrected chi connectivity index (χ0v) is 12.4. The highest BCUT2D eigenvalue weighted by atomic mass is 32.1. The van der Waals surface area contributed by atoms with E-state index in [9.17, 15) is 5.11 Å². The summed E-state index contributed by atoms with van der Waals surface area (Å²) < 4.78 is 12.1. The standard InChI is InChI=1S/C14H12N4O3S/c1-20-10-5-2-4-9(12(10)19)8-15-18-13(16-17-14(18)22)11-6-3-7-21-11/h2-8,19H,1H3,(H,17,22). The average molecular weight is 316 g/mol. The van der Waals surface area contributed by atoms with Gasteiger partial charge >= 0.3 is 0 Å². The molecular weight excluding hydrogens is 304 g/mol. The number of methoxy groups -OCH3 is 1. The molecule has 3 rings (SSSR count). The van der Waals surface area contributed by atoms with Gasteiger partial charge in [0.25, 0.3) is 0 Å². The van der Waals surface area contributed by atoms with Gasteiger partial charge in [-0.25, -0.2) is 5.10 Å². The molecule has 0 saturated heterocycles. The van der Waals surface area contributed by atoms with Crippen LogP contribution in [0.25, 0.3) is 11.6 Å². The Morgan fingerprint density at radius 3 is 3.00 bits per heavy atom. The Bertz CT molecular complexity index is 865. The zero-order chi connectivity index (χ0) is 15.5. The molecule has 0 aliphatic heterocycles. The number of rotatable bonds is 4.